The number of pyridine rings is 1. The average Bonchev–Trinajstić information content (AvgIpc) is 2.16. The minimum absolute atomic E-state index is 0.134. The van der Waals surface area contributed by atoms with Crippen molar-refractivity contribution in [1.29, 1.82) is 0 Å². The fourth-order valence-corrected chi connectivity index (χ4v) is 0.998. The Morgan fingerprint density at radius 1 is 1.38 bits per heavy atom. The van der Waals surface area contributed by atoms with E-state index in [0.29, 0.717) is 0 Å². The maximum absolute atomic E-state index is 12.4. The van der Waals surface area contributed by atoms with Crippen LogP contribution in [0.1, 0.15) is 13.8 Å². The van der Waals surface area contributed by atoms with Gasteiger partial charge in [-0.25, -0.2) is 0 Å². The van der Waals surface area contributed by atoms with E-state index < -0.39 is 12.4 Å². The molecule has 0 fully saturated rings. The van der Waals surface area contributed by atoms with Crippen LogP contribution in [0.4, 0.5) is 12.9 Å². The van der Waals surface area contributed by atoms with Gasteiger partial charge in [0.2, 0.25) is 0 Å². The molecule has 0 atom stereocenters. The van der Waals surface area contributed by atoms with E-state index in [2.05, 4.69) is 4.98 Å². The van der Waals surface area contributed by atoms with Gasteiger partial charge < -0.3 is 17.7 Å². The number of allylic oxidation sites excluding steroid dienone is 1. The summed E-state index contributed by atoms with van der Waals surface area (Å²) in [5, 5.41) is 0. The molecule has 0 N–H and O–H groups in total. The lowest BCUT2D eigenvalue weighted by Gasteiger charge is -2.15. The highest BCUT2D eigenvalue weighted by molar-refractivity contribution is 6.73. The first-order chi connectivity index (χ1) is 7.39. The highest BCUT2D eigenvalue weighted by Gasteiger charge is 2.26. The molecule has 0 unspecified atom stereocenters. The van der Waals surface area contributed by atoms with Gasteiger partial charge in [-0.05, 0) is 26.0 Å². The molecular formula is C10H12BF3NO-. The molecule has 16 heavy (non-hydrogen) atoms. The summed E-state index contributed by atoms with van der Waals surface area (Å²) in [4.78, 5) is 3.50. The van der Waals surface area contributed by atoms with Crippen LogP contribution in [0.3, 0.4) is 0 Å². The van der Waals surface area contributed by atoms with Gasteiger partial charge in [0.1, 0.15) is 12.4 Å². The van der Waals surface area contributed by atoms with Crippen LogP contribution in [-0.2, 0) is 0 Å². The van der Waals surface area contributed by atoms with Gasteiger partial charge >= 0.3 is 6.98 Å². The van der Waals surface area contributed by atoms with Crippen LogP contribution in [0, 0.1) is 0 Å². The van der Waals surface area contributed by atoms with Crippen molar-refractivity contribution >= 4 is 12.4 Å². The van der Waals surface area contributed by atoms with Gasteiger partial charge in [-0.3, -0.25) is 4.98 Å². The van der Waals surface area contributed by atoms with Gasteiger partial charge in [0.25, 0.3) is 0 Å². The molecule has 2 nitrogen and oxygen atoms in total. The molecule has 0 bridgehead atoms. The minimum atomic E-state index is -5.01. The smallest absolute Gasteiger partial charge is 0.488 e. The first-order valence-corrected chi connectivity index (χ1v) is 4.80. The molecule has 0 amide bonds. The SMILES string of the molecule is CC(C)=CCOc1cncc([B-](F)(F)F)c1. The molecule has 6 heteroatoms. The van der Waals surface area contributed by atoms with Crippen LogP contribution in [0.15, 0.2) is 30.1 Å². The predicted octanol–water partition coefficient (Wildman–Crippen LogP) is 2.48. The Bertz CT molecular complexity index is 386. The highest BCUT2D eigenvalue weighted by atomic mass is 19.4. The summed E-state index contributed by atoms with van der Waals surface area (Å²) in [7, 11) is 0. The third-order valence-electron chi connectivity index (χ3n) is 1.85. The third-order valence-corrected chi connectivity index (χ3v) is 1.85. The quantitative estimate of drug-likeness (QED) is 0.585. The molecule has 0 aliphatic carbocycles. The second-order valence-electron chi connectivity index (χ2n) is 3.62. The van der Waals surface area contributed by atoms with Crippen molar-refractivity contribution in [2.75, 3.05) is 6.61 Å². The fourth-order valence-electron chi connectivity index (χ4n) is 0.998. The van der Waals surface area contributed by atoms with E-state index in [-0.39, 0.29) is 12.4 Å². The van der Waals surface area contributed by atoms with Gasteiger partial charge in [-0.1, -0.05) is 11.0 Å². The van der Waals surface area contributed by atoms with E-state index in [0.717, 1.165) is 17.8 Å². The second kappa shape index (κ2) is 5.05. The average molecular weight is 230 g/mol. The first kappa shape index (κ1) is 12.6. The Hall–Kier alpha value is -1.46. The summed E-state index contributed by atoms with van der Waals surface area (Å²) in [6.07, 6.45) is 3.85. The first-order valence-electron chi connectivity index (χ1n) is 4.80. The van der Waals surface area contributed by atoms with Gasteiger partial charge in [-0.15, -0.1) is 0 Å². The molecule has 88 valence electrons. The molecule has 0 saturated heterocycles. The molecule has 0 radical (unpaired) electrons. The number of nitrogens with zero attached hydrogens (tertiary/aromatic N) is 1. The molecule has 1 aromatic heterocycles. The summed E-state index contributed by atoms with van der Waals surface area (Å²) in [5.41, 5.74) is 0.304. The topological polar surface area (TPSA) is 22.1 Å². The maximum atomic E-state index is 12.4. The number of halogens is 3. The summed E-state index contributed by atoms with van der Waals surface area (Å²) in [6, 6.07) is 0.964. The van der Waals surface area contributed by atoms with E-state index >= 15 is 0 Å². The molecule has 0 spiro atoms. The van der Waals surface area contributed by atoms with Gasteiger partial charge in [0, 0.05) is 6.20 Å². The molecule has 0 aliphatic rings. The number of rotatable bonds is 4. The predicted molar refractivity (Wildman–Crippen MR) is 57.9 cm³/mol. The Morgan fingerprint density at radius 3 is 2.62 bits per heavy atom. The second-order valence-corrected chi connectivity index (χ2v) is 3.62. The lowest BCUT2D eigenvalue weighted by atomic mass is 9.81. The van der Waals surface area contributed by atoms with Crippen molar-refractivity contribution in [1.82, 2.24) is 4.98 Å². The zero-order valence-corrected chi connectivity index (χ0v) is 9.08. The molecule has 1 heterocycles. The summed E-state index contributed by atoms with van der Waals surface area (Å²) in [6.45, 7) is -0.995. The zero-order valence-electron chi connectivity index (χ0n) is 9.08. The van der Waals surface area contributed by atoms with E-state index in [9.17, 15) is 12.9 Å². The van der Waals surface area contributed by atoms with Crippen LogP contribution in [0.2, 0.25) is 0 Å². The van der Waals surface area contributed by atoms with Gasteiger partial charge in [0.15, 0.2) is 0 Å². The summed E-state index contributed by atoms with van der Waals surface area (Å²) in [5.74, 6) is 0.134. The van der Waals surface area contributed by atoms with Gasteiger partial charge in [0.05, 0.1) is 6.20 Å². The van der Waals surface area contributed by atoms with Crippen LogP contribution >= 0.6 is 0 Å². The number of hydrogen-bond donors (Lipinski definition) is 0. The van der Waals surface area contributed by atoms with Crippen LogP contribution in [-0.4, -0.2) is 18.6 Å². The minimum Gasteiger partial charge on any atom is -0.488 e. The third kappa shape index (κ3) is 3.96. The van der Waals surface area contributed by atoms with E-state index in [1.54, 1.807) is 6.08 Å². The molecule has 0 saturated carbocycles. The Labute approximate surface area is 92.2 Å². The lowest BCUT2D eigenvalue weighted by molar-refractivity contribution is 0.360. The Morgan fingerprint density at radius 2 is 2.06 bits per heavy atom. The Balaban J connectivity index is 2.72. The molecular weight excluding hydrogens is 218 g/mol. The highest BCUT2D eigenvalue weighted by Crippen LogP contribution is 2.13. The van der Waals surface area contributed by atoms with E-state index in [1.807, 2.05) is 13.8 Å². The van der Waals surface area contributed by atoms with Crippen LogP contribution in [0.5, 0.6) is 5.75 Å². The number of hydrogen-bond acceptors (Lipinski definition) is 2. The summed E-state index contributed by atoms with van der Waals surface area (Å²) < 4.78 is 42.2. The zero-order chi connectivity index (χ0) is 12.2. The van der Waals surface area contributed by atoms with E-state index in [1.165, 1.54) is 6.20 Å². The van der Waals surface area contributed by atoms with Crippen molar-refractivity contribution < 1.29 is 17.7 Å². The van der Waals surface area contributed by atoms with Crippen molar-refractivity contribution in [2.45, 2.75) is 13.8 Å². The number of ether oxygens (including phenoxy) is 1. The molecule has 0 aliphatic heterocycles. The summed E-state index contributed by atoms with van der Waals surface area (Å²) >= 11 is 0. The molecule has 1 rings (SSSR count). The van der Waals surface area contributed by atoms with Crippen LogP contribution < -0.4 is 10.2 Å². The maximum Gasteiger partial charge on any atom is 0.511 e. The Kier molecular flexibility index (Phi) is 3.98. The fraction of sp³-hybridized carbons (Fsp3) is 0.300. The van der Waals surface area contributed by atoms with Crippen molar-refractivity contribution in [3.63, 3.8) is 0 Å². The van der Waals surface area contributed by atoms with Gasteiger partial charge in [-0.2, -0.15) is 0 Å². The van der Waals surface area contributed by atoms with Crippen molar-refractivity contribution in [2.24, 2.45) is 0 Å². The molecule has 1 aromatic rings. The monoisotopic (exact) mass is 230 g/mol. The van der Waals surface area contributed by atoms with Crippen molar-refractivity contribution in [3.8, 4) is 5.75 Å². The largest absolute Gasteiger partial charge is 0.511 e. The molecule has 0 aromatic carbocycles. The van der Waals surface area contributed by atoms with E-state index in [4.69, 9.17) is 4.74 Å². The lowest BCUT2D eigenvalue weighted by Crippen LogP contribution is -2.34. The van der Waals surface area contributed by atoms with Crippen LogP contribution in [0.25, 0.3) is 0 Å². The standard InChI is InChI=1S/C10H12BF3NO/c1-8(2)3-4-16-10-5-9(6-15-7-10)11(12,13)14/h3,5-7H,4H2,1-2H3/q-1. The number of aromatic nitrogens is 1. The normalized spacial score (nSPS) is 11.1. The van der Waals surface area contributed by atoms with Crippen molar-refractivity contribution in [3.05, 3.63) is 30.1 Å².